The van der Waals surface area contributed by atoms with E-state index < -0.39 is 5.97 Å². The molecule has 0 bridgehead atoms. The Morgan fingerprint density at radius 2 is 1.67 bits per heavy atom. The fourth-order valence-corrected chi connectivity index (χ4v) is 1.09. The Kier molecular flexibility index (Phi) is 4.40. The van der Waals surface area contributed by atoms with Crippen LogP contribution in [0.3, 0.4) is 0 Å². The topological polar surface area (TPSA) is 40.5 Å². The number of carboxylic acid groups (broad SMARTS) is 1. The summed E-state index contributed by atoms with van der Waals surface area (Å²) in [5, 5.41) is 8.71. The zero-order chi connectivity index (χ0) is 9.72. The van der Waals surface area contributed by atoms with Crippen LogP contribution in [-0.4, -0.2) is 29.1 Å². The molecule has 70 valence electrons. The summed E-state index contributed by atoms with van der Waals surface area (Å²) in [7, 11) is 0. The molecule has 0 aromatic rings. The lowest BCUT2D eigenvalue weighted by molar-refractivity contribution is -0.132. The van der Waals surface area contributed by atoms with Crippen molar-refractivity contribution in [1.29, 1.82) is 0 Å². The average molecular weight is 171 g/mol. The highest BCUT2D eigenvalue weighted by atomic mass is 16.4. The third kappa shape index (κ3) is 2.57. The van der Waals surface area contributed by atoms with Crippen LogP contribution in [0.15, 0.2) is 11.3 Å². The van der Waals surface area contributed by atoms with E-state index in [1.54, 1.807) is 6.92 Å². The number of carbonyl (C=O) groups is 1. The fourth-order valence-electron chi connectivity index (χ4n) is 1.09. The summed E-state index contributed by atoms with van der Waals surface area (Å²) < 4.78 is 0. The molecule has 0 rings (SSSR count). The number of nitrogens with zero attached hydrogens (tertiary/aromatic N) is 1. The first kappa shape index (κ1) is 11.0. The van der Waals surface area contributed by atoms with Gasteiger partial charge in [-0.3, -0.25) is 0 Å². The molecule has 0 radical (unpaired) electrons. The molecule has 0 aromatic heterocycles. The summed E-state index contributed by atoms with van der Waals surface area (Å²) in [6, 6.07) is 0. The minimum atomic E-state index is -0.834. The number of carboxylic acids is 1. The second kappa shape index (κ2) is 4.80. The lowest BCUT2D eigenvalue weighted by Gasteiger charge is -2.22. The zero-order valence-corrected chi connectivity index (χ0v) is 8.22. The Morgan fingerprint density at radius 3 is 1.92 bits per heavy atom. The van der Waals surface area contributed by atoms with Gasteiger partial charge in [0.2, 0.25) is 0 Å². The third-order valence-corrected chi connectivity index (χ3v) is 2.10. The quantitative estimate of drug-likeness (QED) is 0.654. The van der Waals surface area contributed by atoms with Crippen molar-refractivity contribution in [2.75, 3.05) is 13.1 Å². The summed E-state index contributed by atoms with van der Waals surface area (Å²) >= 11 is 0. The van der Waals surface area contributed by atoms with E-state index in [2.05, 4.69) is 0 Å². The molecule has 0 heterocycles. The molecule has 0 amide bonds. The fraction of sp³-hybridized carbons (Fsp3) is 0.667. The first-order chi connectivity index (χ1) is 5.54. The van der Waals surface area contributed by atoms with E-state index in [0.29, 0.717) is 5.57 Å². The summed E-state index contributed by atoms with van der Waals surface area (Å²) in [5.41, 5.74) is 1.28. The van der Waals surface area contributed by atoms with E-state index in [-0.39, 0.29) is 0 Å². The predicted molar refractivity (Wildman–Crippen MR) is 48.9 cm³/mol. The SMILES string of the molecule is CCN(CC)/C(C)=C(\C)C(=O)O. The van der Waals surface area contributed by atoms with Gasteiger partial charge in [-0.25, -0.2) is 4.79 Å². The van der Waals surface area contributed by atoms with Gasteiger partial charge >= 0.3 is 5.97 Å². The molecule has 3 nitrogen and oxygen atoms in total. The van der Waals surface area contributed by atoms with Crippen molar-refractivity contribution in [3.63, 3.8) is 0 Å². The largest absolute Gasteiger partial charge is 0.478 e. The molecular formula is C9H17NO2. The van der Waals surface area contributed by atoms with E-state index in [1.165, 1.54) is 0 Å². The average Bonchev–Trinajstić information content (AvgIpc) is 2.05. The second-order valence-electron chi connectivity index (χ2n) is 2.69. The summed E-state index contributed by atoms with van der Waals surface area (Å²) in [5.74, 6) is -0.834. The molecular weight excluding hydrogens is 154 g/mol. The highest BCUT2D eigenvalue weighted by Crippen LogP contribution is 2.08. The van der Waals surface area contributed by atoms with Crippen molar-refractivity contribution in [2.45, 2.75) is 27.7 Å². The number of hydrogen-bond donors (Lipinski definition) is 1. The Morgan fingerprint density at radius 1 is 1.25 bits per heavy atom. The van der Waals surface area contributed by atoms with Gasteiger partial charge < -0.3 is 10.0 Å². The molecule has 12 heavy (non-hydrogen) atoms. The summed E-state index contributed by atoms with van der Waals surface area (Å²) in [6.45, 7) is 9.22. The number of rotatable bonds is 4. The van der Waals surface area contributed by atoms with Crippen LogP contribution >= 0.6 is 0 Å². The monoisotopic (exact) mass is 171 g/mol. The molecule has 1 N–H and O–H groups in total. The molecule has 0 atom stereocenters. The molecule has 0 spiro atoms. The van der Waals surface area contributed by atoms with Crippen LogP contribution in [0.4, 0.5) is 0 Å². The Labute approximate surface area is 73.7 Å². The molecule has 0 aliphatic heterocycles. The van der Waals surface area contributed by atoms with E-state index in [1.807, 2.05) is 25.7 Å². The highest BCUT2D eigenvalue weighted by Gasteiger charge is 2.08. The predicted octanol–water partition coefficient (Wildman–Crippen LogP) is 1.71. The van der Waals surface area contributed by atoms with Crippen molar-refractivity contribution in [3.05, 3.63) is 11.3 Å². The number of aliphatic carboxylic acids is 1. The van der Waals surface area contributed by atoms with Crippen molar-refractivity contribution < 1.29 is 9.90 Å². The zero-order valence-electron chi connectivity index (χ0n) is 8.22. The van der Waals surface area contributed by atoms with Gasteiger partial charge in [-0.2, -0.15) is 0 Å². The van der Waals surface area contributed by atoms with Crippen molar-refractivity contribution in [2.24, 2.45) is 0 Å². The van der Waals surface area contributed by atoms with Gasteiger partial charge in [0.25, 0.3) is 0 Å². The van der Waals surface area contributed by atoms with Gasteiger partial charge in [0.15, 0.2) is 0 Å². The van der Waals surface area contributed by atoms with Gasteiger partial charge in [0.1, 0.15) is 0 Å². The Bertz CT molecular complexity index is 193. The third-order valence-electron chi connectivity index (χ3n) is 2.10. The van der Waals surface area contributed by atoms with E-state index in [9.17, 15) is 4.79 Å². The van der Waals surface area contributed by atoms with Crippen LogP contribution in [0.25, 0.3) is 0 Å². The number of allylic oxidation sites excluding steroid dienone is 1. The van der Waals surface area contributed by atoms with Crippen molar-refractivity contribution >= 4 is 5.97 Å². The maximum Gasteiger partial charge on any atom is 0.333 e. The van der Waals surface area contributed by atoms with Crippen LogP contribution in [-0.2, 0) is 4.79 Å². The molecule has 0 fully saturated rings. The Balaban J connectivity index is 4.62. The van der Waals surface area contributed by atoms with Crippen LogP contribution in [0, 0.1) is 0 Å². The first-order valence-corrected chi connectivity index (χ1v) is 4.20. The molecule has 0 saturated carbocycles. The summed E-state index contributed by atoms with van der Waals surface area (Å²) in [6.07, 6.45) is 0. The van der Waals surface area contributed by atoms with Crippen molar-refractivity contribution in [1.82, 2.24) is 4.90 Å². The molecule has 0 aliphatic carbocycles. The van der Waals surface area contributed by atoms with Gasteiger partial charge in [-0.1, -0.05) is 0 Å². The molecule has 3 heteroatoms. The molecule has 0 aliphatic rings. The minimum Gasteiger partial charge on any atom is -0.478 e. The smallest absolute Gasteiger partial charge is 0.333 e. The van der Waals surface area contributed by atoms with Crippen LogP contribution in [0.1, 0.15) is 27.7 Å². The normalized spacial score (nSPS) is 12.3. The first-order valence-electron chi connectivity index (χ1n) is 4.20. The molecule has 0 saturated heterocycles. The van der Waals surface area contributed by atoms with Crippen molar-refractivity contribution in [3.8, 4) is 0 Å². The van der Waals surface area contributed by atoms with E-state index in [0.717, 1.165) is 18.8 Å². The van der Waals surface area contributed by atoms with Gasteiger partial charge in [0.05, 0.1) is 5.57 Å². The van der Waals surface area contributed by atoms with E-state index >= 15 is 0 Å². The standard InChI is InChI=1S/C9H17NO2/c1-5-10(6-2)8(4)7(3)9(11)12/h5-6H2,1-4H3,(H,11,12)/b8-7+. The lowest BCUT2D eigenvalue weighted by Crippen LogP contribution is -2.23. The maximum absolute atomic E-state index is 10.6. The Hall–Kier alpha value is -0.990. The van der Waals surface area contributed by atoms with Gasteiger partial charge in [0, 0.05) is 18.8 Å². The van der Waals surface area contributed by atoms with Gasteiger partial charge in [-0.05, 0) is 27.7 Å². The second-order valence-corrected chi connectivity index (χ2v) is 2.69. The van der Waals surface area contributed by atoms with E-state index in [4.69, 9.17) is 5.11 Å². The van der Waals surface area contributed by atoms with Crippen LogP contribution in [0.2, 0.25) is 0 Å². The lowest BCUT2D eigenvalue weighted by atomic mass is 10.2. The number of hydrogen-bond acceptors (Lipinski definition) is 2. The molecule has 0 unspecified atom stereocenters. The maximum atomic E-state index is 10.6. The van der Waals surface area contributed by atoms with Gasteiger partial charge in [-0.15, -0.1) is 0 Å². The minimum absolute atomic E-state index is 0.429. The van der Waals surface area contributed by atoms with Crippen LogP contribution < -0.4 is 0 Å². The highest BCUT2D eigenvalue weighted by molar-refractivity contribution is 5.86. The molecule has 0 aromatic carbocycles. The van der Waals surface area contributed by atoms with Crippen LogP contribution in [0.5, 0.6) is 0 Å². The summed E-state index contributed by atoms with van der Waals surface area (Å²) in [4.78, 5) is 12.6.